The van der Waals surface area contributed by atoms with E-state index in [0.717, 1.165) is 30.6 Å². The molecule has 1 N–H and O–H groups in total. The Labute approximate surface area is 139 Å². The maximum atomic E-state index is 9.89. The topological polar surface area (TPSA) is 20.2 Å². The van der Waals surface area contributed by atoms with Gasteiger partial charge in [-0.1, -0.05) is 48.2 Å². The fourth-order valence-corrected chi connectivity index (χ4v) is 5.75. The van der Waals surface area contributed by atoms with Crippen LogP contribution in [0.25, 0.3) is 0 Å². The molecule has 2 saturated carbocycles. The van der Waals surface area contributed by atoms with E-state index in [0.29, 0.717) is 5.41 Å². The zero-order valence-electron chi connectivity index (χ0n) is 14.3. The Morgan fingerprint density at radius 3 is 2.76 bits per heavy atom. The minimum atomic E-state index is -0.501. The average molecular weight is 357 g/mol. The third-order valence-electron chi connectivity index (χ3n) is 6.31. The molecule has 0 amide bonds. The van der Waals surface area contributed by atoms with Crippen LogP contribution in [-0.2, 0) is 0 Å². The summed E-state index contributed by atoms with van der Waals surface area (Å²) in [5.74, 6) is 2.47. The van der Waals surface area contributed by atoms with Crippen LogP contribution in [0.4, 0.5) is 0 Å². The fourth-order valence-electron chi connectivity index (χ4n) is 5.20. The normalized spacial score (nSPS) is 36.8. The van der Waals surface area contributed by atoms with Crippen LogP contribution in [0.15, 0.2) is 10.6 Å². The predicted octanol–water partition coefficient (Wildman–Crippen LogP) is 6.06. The summed E-state index contributed by atoms with van der Waals surface area (Å²) in [6.45, 7) is 8.86. The lowest BCUT2D eigenvalue weighted by Crippen LogP contribution is -2.36. The van der Waals surface area contributed by atoms with Crippen molar-refractivity contribution in [3.05, 3.63) is 10.6 Å². The zero-order chi connectivity index (χ0) is 15.7. The first-order chi connectivity index (χ1) is 9.78. The Morgan fingerprint density at radius 2 is 2.14 bits per heavy atom. The second kappa shape index (κ2) is 6.74. The monoisotopic (exact) mass is 356 g/mol. The molecule has 0 heterocycles. The number of aliphatic hydroxyl groups is 1. The first-order valence-corrected chi connectivity index (χ1v) is 9.71. The molecular formula is C19H33BrO. The number of halogens is 1. The van der Waals surface area contributed by atoms with Gasteiger partial charge in [-0.2, -0.15) is 0 Å². The molecule has 21 heavy (non-hydrogen) atoms. The van der Waals surface area contributed by atoms with Crippen LogP contribution in [0.2, 0.25) is 0 Å². The van der Waals surface area contributed by atoms with E-state index in [9.17, 15) is 5.11 Å². The van der Waals surface area contributed by atoms with Crippen molar-refractivity contribution in [3.63, 3.8) is 0 Å². The van der Waals surface area contributed by atoms with Crippen molar-refractivity contribution < 1.29 is 5.11 Å². The minimum absolute atomic E-state index is 0.501. The molecule has 0 saturated heterocycles. The number of fused-ring (bicyclic) bond motifs is 1. The highest BCUT2D eigenvalue weighted by molar-refractivity contribution is 9.11. The maximum Gasteiger partial charge on any atom is 0.0591 e. The molecule has 0 aliphatic heterocycles. The van der Waals surface area contributed by atoms with E-state index >= 15 is 0 Å². The summed E-state index contributed by atoms with van der Waals surface area (Å²) in [4.78, 5) is 2.22. The summed E-state index contributed by atoms with van der Waals surface area (Å²) in [6, 6.07) is 0. The SMILES string of the molecule is C[C@H](CCCC(C)(C)O)C1CCC2/C(=C/Br)CCC[C@@]21C. The Bertz CT molecular complexity index is 382. The summed E-state index contributed by atoms with van der Waals surface area (Å²) in [5, 5.41) is 9.89. The van der Waals surface area contributed by atoms with Gasteiger partial charge in [0.1, 0.15) is 0 Å². The molecule has 0 aromatic heterocycles. The van der Waals surface area contributed by atoms with Crippen molar-refractivity contribution in [1.82, 2.24) is 0 Å². The van der Waals surface area contributed by atoms with E-state index in [4.69, 9.17) is 0 Å². The smallest absolute Gasteiger partial charge is 0.0591 e. The summed E-state index contributed by atoms with van der Waals surface area (Å²) < 4.78 is 0. The van der Waals surface area contributed by atoms with Crippen LogP contribution >= 0.6 is 15.9 Å². The Morgan fingerprint density at radius 1 is 1.43 bits per heavy atom. The molecule has 0 aromatic carbocycles. The molecule has 0 bridgehead atoms. The van der Waals surface area contributed by atoms with Crippen LogP contribution < -0.4 is 0 Å². The van der Waals surface area contributed by atoms with Crippen LogP contribution in [0.1, 0.15) is 79.1 Å². The van der Waals surface area contributed by atoms with Crippen LogP contribution in [0, 0.1) is 23.2 Å². The lowest BCUT2D eigenvalue weighted by Gasteiger charge is -2.44. The van der Waals surface area contributed by atoms with E-state index in [2.05, 4.69) is 34.8 Å². The summed E-state index contributed by atoms with van der Waals surface area (Å²) >= 11 is 3.60. The first-order valence-electron chi connectivity index (χ1n) is 8.79. The fraction of sp³-hybridized carbons (Fsp3) is 0.895. The molecule has 2 unspecified atom stereocenters. The Kier molecular flexibility index (Phi) is 5.63. The Balaban J connectivity index is 1.97. The van der Waals surface area contributed by atoms with Crippen molar-refractivity contribution in [2.24, 2.45) is 23.2 Å². The second-order valence-electron chi connectivity index (χ2n) is 8.46. The van der Waals surface area contributed by atoms with Crippen LogP contribution in [0.5, 0.6) is 0 Å². The molecule has 2 aliphatic carbocycles. The summed E-state index contributed by atoms with van der Waals surface area (Å²) in [6.07, 6.45) is 10.2. The summed E-state index contributed by atoms with van der Waals surface area (Å²) in [5.41, 5.74) is 1.68. The molecule has 2 aliphatic rings. The maximum absolute atomic E-state index is 9.89. The highest BCUT2D eigenvalue weighted by atomic mass is 79.9. The number of allylic oxidation sites excluding steroid dienone is 1. The van der Waals surface area contributed by atoms with Gasteiger partial charge in [-0.3, -0.25) is 0 Å². The van der Waals surface area contributed by atoms with Gasteiger partial charge in [-0.05, 0) is 80.5 Å². The van der Waals surface area contributed by atoms with Gasteiger partial charge in [0.05, 0.1) is 5.60 Å². The quantitative estimate of drug-likeness (QED) is 0.634. The molecule has 0 spiro atoms. The third-order valence-corrected chi connectivity index (χ3v) is 6.90. The van der Waals surface area contributed by atoms with E-state index in [1.807, 2.05) is 13.8 Å². The highest BCUT2D eigenvalue weighted by Crippen LogP contribution is 2.59. The third kappa shape index (κ3) is 3.93. The van der Waals surface area contributed by atoms with Gasteiger partial charge >= 0.3 is 0 Å². The average Bonchev–Trinajstić information content (AvgIpc) is 2.73. The molecule has 2 fully saturated rings. The van der Waals surface area contributed by atoms with E-state index in [1.54, 1.807) is 5.57 Å². The van der Waals surface area contributed by atoms with Gasteiger partial charge in [0.25, 0.3) is 0 Å². The van der Waals surface area contributed by atoms with Gasteiger partial charge < -0.3 is 5.11 Å². The molecule has 4 atom stereocenters. The van der Waals surface area contributed by atoms with Crippen molar-refractivity contribution in [2.45, 2.75) is 84.7 Å². The number of hydrogen-bond acceptors (Lipinski definition) is 1. The van der Waals surface area contributed by atoms with E-state index < -0.39 is 5.60 Å². The predicted molar refractivity (Wildman–Crippen MR) is 94.5 cm³/mol. The lowest BCUT2D eigenvalue weighted by atomic mass is 9.61. The molecule has 1 nitrogen and oxygen atoms in total. The summed E-state index contributed by atoms with van der Waals surface area (Å²) in [7, 11) is 0. The Hall–Kier alpha value is 0.180. The molecule has 0 aromatic rings. The minimum Gasteiger partial charge on any atom is -0.390 e. The number of rotatable bonds is 5. The van der Waals surface area contributed by atoms with E-state index in [1.165, 1.54) is 38.5 Å². The number of hydrogen-bond donors (Lipinski definition) is 1. The largest absolute Gasteiger partial charge is 0.390 e. The molecule has 2 rings (SSSR count). The van der Waals surface area contributed by atoms with Crippen molar-refractivity contribution >= 4 is 15.9 Å². The van der Waals surface area contributed by atoms with Crippen LogP contribution in [0.3, 0.4) is 0 Å². The van der Waals surface area contributed by atoms with Gasteiger partial charge in [0, 0.05) is 0 Å². The van der Waals surface area contributed by atoms with Crippen molar-refractivity contribution in [2.75, 3.05) is 0 Å². The van der Waals surface area contributed by atoms with Gasteiger partial charge in [-0.25, -0.2) is 0 Å². The lowest BCUT2D eigenvalue weighted by molar-refractivity contribution is 0.0597. The molecular weight excluding hydrogens is 324 g/mol. The molecule has 2 heteroatoms. The van der Waals surface area contributed by atoms with Crippen LogP contribution in [-0.4, -0.2) is 10.7 Å². The first kappa shape index (κ1) is 17.5. The highest BCUT2D eigenvalue weighted by Gasteiger charge is 2.50. The van der Waals surface area contributed by atoms with Gasteiger partial charge in [0.2, 0.25) is 0 Å². The van der Waals surface area contributed by atoms with Crippen molar-refractivity contribution in [3.8, 4) is 0 Å². The van der Waals surface area contributed by atoms with E-state index in [-0.39, 0.29) is 0 Å². The van der Waals surface area contributed by atoms with Crippen molar-refractivity contribution in [1.29, 1.82) is 0 Å². The second-order valence-corrected chi connectivity index (χ2v) is 8.92. The molecule has 0 radical (unpaired) electrons. The van der Waals surface area contributed by atoms with Gasteiger partial charge in [-0.15, -0.1) is 0 Å². The molecule has 122 valence electrons. The standard InChI is InChI=1S/C19H33BrO/c1-14(7-5-11-18(2,3)21)16-9-10-17-15(13-20)8-6-12-19(16,17)4/h13-14,16-17,21H,5-12H2,1-4H3/b15-13+/t14-,16?,17?,19-/m1/s1. The zero-order valence-corrected chi connectivity index (χ0v) is 15.9. The van der Waals surface area contributed by atoms with Gasteiger partial charge in [0.15, 0.2) is 0 Å².